The average Bonchev–Trinajstić information content (AvgIpc) is 3.44. The summed E-state index contributed by atoms with van der Waals surface area (Å²) in [6.07, 6.45) is 6.04. The second-order valence-corrected chi connectivity index (χ2v) is 8.25. The summed E-state index contributed by atoms with van der Waals surface area (Å²) >= 11 is 0. The predicted molar refractivity (Wildman–Crippen MR) is 98.5 cm³/mol. The molecule has 0 unspecified atom stereocenters. The molecule has 1 aliphatic rings. The largest absolute Gasteiger partial charge is 0.455 e. The Balaban J connectivity index is 1.51. The lowest BCUT2D eigenvalue weighted by atomic mass is 10.3. The molecule has 1 saturated heterocycles. The number of anilines is 1. The topological polar surface area (TPSA) is 123 Å². The molecule has 1 fully saturated rings. The number of pyridine rings is 1. The third kappa shape index (κ3) is 3.41. The van der Waals surface area contributed by atoms with Gasteiger partial charge in [0.2, 0.25) is 10.0 Å². The second-order valence-electron chi connectivity index (χ2n) is 6.34. The average molecular weight is 402 g/mol. The fourth-order valence-corrected chi connectivity index (χ4v) is 4.69. The van der Waals surface area contributed by atoms with Crippen molar-refractivity contribution in [3.63, 3.8) is 0 Å². The fourth-order valence-electron chi connectivity index (χ4n) is 3.02. The number of sulfonamides is 1. The molecular formula is C17H18N6O4S. The quantitative estimate of drug-likeness (QED) is 0.687. The van der Waals surface area contributed by atoms with Crippen molar-refractivity contribution in [1.82, 2.24) is 24.1 Å². The number of carbonyl (C=O) groups is 1. The number of amides is 1. The first kappa shape index (κ1) is 18.3. The molecule has 0 aromatic carbocycles. The summed E-state index contributed by atoms with van der Waals surface area (Å²) < 4.78 is 33.7. The van der Waals surface area contributed by atoms with Crippen molar-refractivity contribution in [2.45, 2.75) is 24.7 Å². The van der Waals surface area contributed by atoms with Crippen LogP contribution in [0.3, 0.4) is 0 Å². The van der Waals surface area contributed by atoms with Crippen LogP contribution in [-0.2, 0) is 10.0 Å². The van der Waals surface area contributed by atoms with Crippen LogP contribution in [0.2, 0.25) is 0 Å². The van der Waals surface area contributed by atoms with E-state index in [-0.39, 0.29) is 16.4 Å². The van der Waals surface area contributed by atoms with E-state index in [1.165, 1.54) is 40.8 Å². The maximum atomic E-state index is 12.7. The number of nitrogens with one attached hydrogen (secondary N) is 1. The molecule has 3 aromatic rings. The first-order valence-corrected chi connectivity index (χ1v) is 10.1. The Morgan fingerprint density at radius 2 is 2.04 bits per heavy atom. The van der Waals surface area contributed by atoms with E-state index in [0.29, 0.717) is 24.6 Å². The Labute approximate surface area is 161 Å². The Hall–Kier alpha value is -3.05. The molecule has 0 atom stereocenters. The molecule has 0 radical (unpaired) electrons. The minimum absolute atomic E-state index is 0.0270. The molecule has 1 N–H and O–H groups in total. The van der Waals surface area contributed by atoms with E-state index in [4.69, 9.17) is 4.42 Å². The number of aryl methyl sites for hydroxylation is 1. The van der Waals surface area contributed by atoms with Gasteiger partial charge in [-0.15, -0.1) is 0 Å². The zero-order valence-electron chi connectivity index (χ0n) is 15.1. The first-order chi connectivity index (χ1) is 13.4. The van der Waals surface area contributed by atoms with E-state index in [1.54, 1.807) is 12.1 Å². The van der Waals surface area contributed by atoms with Crippen LogP contribution in [-0.4, -0.2) is 51.5 Å². The van der Waals surface area contributed by atoms with Gasteiger partial charge in [0.15, 0.2) is 11.6 Å². The lowest BCUT2D eigenvalue weighted by Crippen LogP contribution is -2.28. The van der Waals surface area contributed by atoms with Gasteiger partial charge in [0.25, 0.3) is 5.91 Å². The summed E-state index contributed by atoms with van der Waals surface area (Å²) in [5.74, 6) is 0.108. The van der Waals surface area contributed by atoms with E-state index in [9.17, 15) is 13.2 Å². The smallest absolute Gasteiger partial charge is 0.291 e. The molecule has 0 aliphatic carbocycles. The van der Waals surface area contributed by atoms with Crippen LogP contribution in [0.15, 0.2) is 46.4 Å². The molecule has 146 valence electrons. The van der Waals surface area contributed by atoms with Crippen molar-refractivity contribution >= 4 is 21.6 Å². The van der Waals surface area contributed by atoms with Gasteiger partial charge in [0.05, 0.1) is 11.9 Å². The third-order valence-electron chi connectivity index (χ3n) is 4.44. The van der Waals surface area contributed by atoms with Crippen molar-refractivity contribution < 1.29 is 17.6 Å². The Kier molecular flexibility index (Phi) is 4.69. The number of hydrogen-bond acceptors (Lipinski definition) is 7. The van der Waals surface area contributed by atoms with E-state index in [2.05, 4.69) is 20.4 Å². The Morgan fingerprint density at radius 1 is 1.25 bits per heavy atom. The van der Waals surface area contributed by atoms with Gasteiger partial charge < -0.3 is 9.73 Å². The lowest BCUT2D eigenvalue weighted by molar-refractivity contribution is 0.0995. The number of furan rings is 1. The lowest BCUT2D eigenvalue weighted by Gasteiger charge is -2.14. The van der Waals surface area contributed by atoms with Crippen LogP contribution < -0.4 is 5.32 Å². The molecule has 1 amide bonds. The zero-order valence-corrected chi connectivity index (χ0v) is 15.9. The maximum Gasteiger partial charge on any atom is 0.291 e. The minimum Gasteiger partial charge on any atom is -0.455 e. The number of nitrogens with zero attached hydrogens (tertiary/aromatic N) is 5. The van der Waals surface area contributed by atoms with Crippen LogP contribution in [0.4, 0.5) is 5.69 Å². The summed E-state index contributed by atoms with van der Waals surface area (Å²) in [5, 5.41) is 6.62. The molecule has 0 bridgehead atoms. The number of rotatable bonds is 5. The van der Waals surface area contributed by atoms with Gasteiger partial charge in [0.1, 0.15) is 23.3 Å². The molecule has 0 saturated carbocycles. The van der Waals surface area contributed by atoms with Crippen molar-refractivity contribution in [1.29, 1.82) is 0 Å². The van der Waals surface area contributed by atoms with Crippen LogP contribution in [0.1, 0.15) is 29.2 Å². The van der Waals surface area contributed by atoms with E-state index in [1.807, 2.05) is 0 Å². The standard InChI is InChI=1S/C17H18N6O4S/c1-12-15(28(25,26)22-6-2-3-7-22)8-14(27-12)17(24)21-13-4-5-16(19-9-13)23-11-18-10-20-23/h4-5,8-11H,2-3,6-7H2,1H3,(H,21,24). The third-order valence-corrected chi connectivity index (χ3v) is 6.44. The van der Waals surface area contributed by atoms with Crippen molar-refractivity contribution in [2.75, 3.05) is 18.4 Å². The number of carbonyl (C=O) groups excluding carboxylic acids is 1. The SMILES string of the molecule is Cc1oc(C(=O)Nc2ccc(-n3cncn3)nc2)cc1S(=O)(=O)N1CCCC1. The minimum atomic E-state index is -3.65. The van der Waals surface area contributed by atoms with Gasteiger partial charge in [-0.2, -0.15) is 9.40 Å². The highest BCUT2D eigenvalue weighted by Gasteiger charge is 2.31. The van der Waals surface area contributed by atoms with Crippen molar-refractivity contribution in [3.8, 4) is 5.82 Å². The molecule has 3 aromatic heterocycles. The zero-order chi connectivity index (χ0) is 19.7. The van der Waals surface area contributed by atoms with Gasteiger partial charge in [-0.25, -0.2) is 23.1 Å². The van der Waals surface area contributed by atoms with Crippen LogP contribution in [0, 0.1) is 6.92 Å². The van der Waals surface area contributed by atoms with Crippen LogP contribution >= 0.6 is 0 Å². The highest BCUT2D eigenvalue weighted by Crippen LogP contribution is 2.26. The Morgan fingerprint density at radius 3 is 2.68 bits per heavy atom. The van der Waals surface area contributed by atoms with Crippen LogP contribution in [0.5, 0.6) is 0 Å². The van der Waals surface area contributed by atoms with Crippen molar-refractivity contribution in [3.05, 3.63) is 48.6 Å². The van der Waals surface area contributed by atoms with E-state index < -0.39 is 15.9 Å². The van der Waals surface area contributed by atoms with Gasteiger partial charge in [-0.05, 0) is 31.9 Å². The highest BCUT2D eigenvalue weighted by molar-refractivity contribution is 7.89. The normalized spacial score (nSPS) is 15.0. The first-order valence-electron chi connectivity index (χ1n) is 8.68. The van der Waals surface area contributed by atoms with Crippen molar-refractivity contribution in [2.24, 2.45) is 0 Å². The molecule has 10 nitrogen and oxygen atoms in total. The fraction of sp³-hybridized carbons (Fsp3) is 0.294. The Bertz CT molecular complexity index is 1080. The second kappa shape index (κ2) is 7.17. The van der Waals surface area contributed by atoms with Gasteiger partial charge in [-0.1, -0.05) is 0 Å². The molecule has 4 heterocycles. The monoisotopic (exact) mass is 402 g/mol. The summed E-state index contributed by atoms with van der Waals surface area (Å²) in [4.78, 5) is 20.5. The van der Waals surface area contributed by atoms with Crippen LogP contribution in [0.25, 0.3) is 5.82 Å². The number of aromatic nitrogens is 4. The molecule has 0 spiro atoms. The summed E-state index contributed by atoms with van der Waals surface area (Å²) in [6.45, 7) is 2.50. The van der Waals surface area contributed by atoms with E-state index in [0.717, 1.165) is 12.8 Å². The number of hydrogen-bond donors (Lipinski definition) is 1. The molecule has 4 rings (SSSR count). The molecule has 1 aliphatic heterocycles. The summed E-state index contributed by atoms with van der Waals surface area (Å²) in [7, 11) is -3.65. The maximum absolute atomic E-state index is 12.7. The predicted octanol–water partition coefficient (Wildman–Crippen LogP) is 1.60. The van der Waals surface area contributed by atoms with Gasteiger partial charge in [-0.3, -0.25) is 4.79 Å². The van der Waals surface area contributed by atoms with Gasteiger partial charge in [0, 0.05) is 19.2 Å². The molecule has 11 heteroatoms. The highest BCUT2D eigenvalue weighted by atomic mass is 32.2. The summed E-state index contributed by atoms with van der Waals surface area (Å²) in [6, 6.07) is 4.59. The molecule has 28 heavy (non-hydrogen) atoms. The van der Waals surface area contributed by atoms with E-state index >= 15 is 0 Å². The van der Waals surface area contributed by atoms with Gasteiger partial charge >= 0.3 is 0 Å². The summed E-state index contributed by atoms with van der Waals surface area (Å²) in [5.41, 5.74) is 0.437. The molecular weight excluding hydrogens is 384 g/mol.